The van der Waals surface area contributed by atoms with Crippen molar-refractivity contribution >= 4 is 23.8 Å². The molecule has 0 amide bonds. The number of rotatable bonds is 7. The van der Waals surface area contributed by atoms with Gasteiger partial charge in [-0.1, -0.05) is 11.6 Å². The van der Waals surface area contributed by atoms with E-state index in [1.807, 2.05) is 42.1 Å². The van der Waals surface area contributed by atoms with E-state index in [1.54, 1.807) is 19.5 Å². The second-order valence-corrected chi connectivity index (χ2v) is 7.86. The zero-order valence-electron chi connectivity index (χ0n) is 15.9. The Morgan fingerprint density at radius 3 is 2.68 bits per heavy atom. The molecule has 8 heteroatoms. The fraction of sp³-hybridized carbons (Fsp3) is 0.350. The Labute approximate surface area is 174 Å². The van der Waals surface area contributed by atoms with Crippen LogP contribution in [-0.2, 0) is 13.2 Å². The molecule has 0 saturated heterocycles. The van der Waals surface area contributed by atoms with E-state index in [2.05, 4.69) is 14.5 Å². The van der Waals surface area contributed by atoms with E-state index in [-0.39, 0.29) is 0 Å². The molecule has 0 atom stereocenters. The largest absolute Gasteiger partial charge is 0.496 e. The Balaban J connectivity index is 1.60. The predicted molar refractivity (Wildman–Crippen MR) is 112 cm³/mol. The molecular formula is C20H22ClN5OS. The lowest BCUT2D eigenvalue weighted by molar-refractivity contribution is 0.240. The van der Waals surface area contributed by atoms with Crippen LogP contribution in [0.5, 0.6) is 5.75 Å². The Morgan fingerprint density at radius 1 is 1.25 bits per heavy atom. The molecule has 1 aliphatic carbocycles. The lowest BCUT2D eigenvalue weighted by Crippen LogP contribution is -2.23. The van der Waals surface area contributed by atoms with Crippen molar-refractivity contribution in [2.24, 2.45) is 0 Å². The molecule has 28 heavy (non-hydrogen) atoms. The predicted octanol–water partition coefficient (Wildman–Crippen LogP) is 4.56. The first-order valence-electron chi connectivity index (χ1n) is 9.17. The summed E-state index contributed by atoms with van der Waals surface area (Å²) >= 11 is 11.9. The van der Waals surface area contributed by atoms with E-state index >= 15 is 0 Å². The standard InChI is InChI=1S/C20H22ClN5OS/c1-24(12-15-11-16(21)3-6-18(15)27-2)13-25-20(28)26(17-4-5-17)19(23-25)14-7-9-22-10-8-14/h3,6-11,17H,4-5,12-13H2,1-2H3. The van der Waals surface area contributed by atoms with Gasteiger partial charge in [0.1, 0.15) is 5.75 Å². The second kappa shape index (κ2) is 8.03. The van der Waals surface area contributed by atoms with Crippen LogP contribution in [0.2, 0.25) is 5.02 Å². The summed E-state index contributed by atoms with van der Waals surface area (Å²) in [6.45, 7) is 1.25. The lowest BCUT2D eigenvalue weighted by Gasteiger charge is -2.18. The summed E-state index contributed by atoms with van der Waals surface area (Å²) in [6, 6.07) is 10.0. The highest BCUT2D eigenvalue weighted by molar-refractivity contribution is 7.71. The van der Waals surface area contributed by atoms with Gasteiger partial charge < -0.3 is 4.74 Å². The second-order valence-electron chi connectivity index (χ2n) is 7.05. The van der Waals surface area contributed by atoms with Gasteiger partial charge in [-0.3, -0.25) is 14.5 Å². The van der Waals surface area contributed by atoms with Crippen LogP contribution in [0.25, 0.3) is 11.4 Å². The molecule has 1 aliphatic rings. The van der Waals surface area contributed by atoms with Crippen LogP contribution >= 0.6 is 23.8 Å². The average molecular weight is 416 g/mol. The number of pyridine rings is 1. The quantitative estimate of drug-likeness (QED) is 0.529. The minimum absolute atomic E-state index is 0.447. The van der Waals surface area contributed by atoms with Gasteiger partial charge in [-0.25, -0.2) is 4.68 Å². The summed E-state index contributed by atoms with van der Waals surface area (Å²) in [4.78, 5) is 6.25. The zero-order valence-corrected chi connectivity index (χ0v) is 17.5. The number of halogens is 1. The van der Waals surface area contributed by atoms with E-state index in [0.29, 0.717) is 24.3 Å². The summed E-state index contributed by atoms with van der Waals surface area (Å²) < 4.78 is 10.3. The third-order valence-electron chi connectivity index (χ3n) is 4.78. The molecule has 1 aromatic carbocycles. The van der Waals surface area contributed by atoms with Gasteiger partial charge in [0.05, 0.1) is 13.8 Å². The van der Waals surface area contributed by atoms with Gasteiger partial charge in [-0.15, -0.1) is 0 Å². The van der Waals surface area contributed by atoms with E-state index in [1.165, 1.54) is 0 Å². The summed E-state index contributed by atoms with van der Waals surface area (Å²) in [7, 11) is 3.70. The van der Waals surface area contributed by atoms with E-state index in [9.17, 15) is 0 Å². The number of hydrogen-bond acceptors (Lipinski definition) is 5. The molecule has 0 spiro atoms. The molecule has 4 rings (SSSR count). The van der Waals surface area contributed by atoms with Crippen LogP contribution in [0.1, 0.15) is 24.4 Å². The Morgan fingerprint density at radius 2 is 2.00 bits per heavy atom. The minimum Gasteiger partial charge on any atom is -0.496 e. The molecule has 2 heterocycles. The number of aromatic nitrogens is 4. The molecule has 0 aliphatic heterocycles. The molecule has 0 unspecified atom stereocenters. The third-order valence-corrected chi connectivity index (χ3v) is 5.42. The number of ether oxygens (including phenoxy) is 1. The van der Waals surface area contributed by atoms with E-state index < -0.39 is 0 Å². The van der Waals surface area contributed by atoms with Gasteiger partial charge in [0.25, 0.3) is 0 Å². The van der Waals surface area contributed by atoms with Gasteiger partial charge >= 0.3 is 0 Å². The van der Waals surface area contributed by atoms with Crippen LogP contribution < -0.4 is 4.74 Å². The molecule has 3 aromatic rings. The van der Waals surface area contributed by atoms with Crippen molar-refractivity contribution in [2.45, 2.75) is 32.1 Å². The summed E-state index contributed by atoms with van der Waals surface area (Å²) in [5.74, 6) is 1.73. The number of benzene rings is 1. The maximum absolute atomic E-state index is 6.16. The van der Waals surface area contributed by atoms with Crippen LogP contribution in [-0.4, -0.2) is 38.4 Å². The first kappa shape index (κ1) is 19.1. The van der Waals surface area contributed by atoms with Crippen molar-refractivity contribution in [1.82, 2.24) is 24.2 Å². The first-order chi connectivity index (χ1) is 13.6. The summed E-state index contributed by atoms with van der Waals surface area (Å²) in [5, 5.41) is 5.53. The fourth-order valence-corrected chi connectivity index (χ4v) is 3.84. The Hall–Kier alpha value is -2.22. The van der Waals surface area contributed by atoms with Crippen LogP contribution in [0, 0.1) is 4.77 Å². The Bertz CT molecular complexity index is 1030. The van der Waals surface area contributed by atoms with Crippen molar-refractivity contribution in [3.05, 3.63) is 58.1 Å². The SMILES string of the molecule is COc1ccc(Cl)cc1CN(C)Cn1nc(-c2ccncc2)n(C2CC2)c1=S. The topological polar surface area (TPSA) is 48.1 Å². The van der Waals surface area contributed by atoms with Gasteiger partial charge in [0.15, 0.2) is 10.6 Å². The molecule has 0 bridgehead atoms. The van der Waals surface area contributed by atoms with E-state index in [4.69, 9.17) is 33.7 Å². The van der Waals surface area contributed by atoms with Gasteiger partial charge in [-0.05, 0) is 62.4 Å². The highest BCUT2D eigenvalue weighted by Gasteiger charge is 2.29. The van der Waals surface area contributed by atoms with Crippen molar-refractivity contribution in [2.75, 3.05) is 14.2 Å². The highest BCUT2D eigenvalue weighted by atomic mass is 35.5. The first-order valence-corrected chi connectivity index (χ1v) is 9.96. The molecule has 1 fully saturated rings. The fourth-order valence-electron chi connectivity index (χ4n) is 3.31. The summed E-state index contributed by atoms with van der Waals surface area (Å²) in [5.41, 5.74) is 2.06. The molecule has 0 radical (unpaired) electrons. The number of methoxy groups -OCH3 is 1. The minimum atomic E-state index is 0.447. The smallest absolute Gasteiger partial charge is 0.199 e. The van der Waals surface area contributed by atoms with Crippen LogP contribution in [0.15, 0.2) is 42.7 Å². The normalized spacial score (nSPS) is 13.9. The van der Waals surface area contributed by atoms with Crippen LogP contribution in [0.3, 0.4) is 0 Å². The van der Waals surface area contributed by atoms with Crippen LogP contribution in [0.4, 0.5) is 0 Å². The monoisotopic (exact) mass is 415 g/mol. The number of nitrogens with zero attached hydrogens (tertiary/aromatic N) is 5. The maximum atomic E-state index is 6.16. The van der Waals surface area contributed by atoms with Gasteiger partial charge in [-0.2, -0.15) is 5.10 Å². The molecule has 146 valence electrons. The number of hydrogen-bond donors (Lipinski definition) is 0. The zero-order chi connectivity index (χ0) is 19.7. The molecule has 1 saturated carbocycles. The molecule has 0 N–H and O–H groups in total. The highest BCUT2D eigenvalue weighted by Crippen LogP contribution is 2.38. The van der Waals surface area contributed by atoms with Crippen molar-refractivity contribution in [3.63, 3.8) is 0 Å². The van der Waals surface area contributed by atoms with Crippen molar-refractivity contribution in [1.29, 1.82) is 0 Å². The summed E-state index contributed by atoms with van der Waals surface area (Å²) in [6.07, 6.45) is 5.86. The van der Waals surface area contributed by atoms with Gasteiger partial charge in [0, 0.05) is 41.1 Å². The van der Waals surface area contributed by atoms with E-state index in [0.717, 1.165) is 40.3 Å². The Kier molecular flexibility index (Phi) is 5.48. The van der Waals surface area contributed by atoms with Crippen molar-refractivity contribution < 1.29 is 4.74 Å². The lowest BCUT2D eigenvalue weighted by atomic mass is 10.2. The molecular weight excluding hydrogens is 394 g/mol. The third kappa shape index (κ3) is 3.97. The van der Waals surface area contributed by atoms with Gasteiger partial charge in [0.2, 0.25) is 0 Å². The molecule has 6 nitrogen and oxygen atoms in total. The van der Waals surface area contributed by atoms with Crippen molar-refractivity contribution in [3.8, 4) is 17.1 Å². The maximum Gasteiger partial charge on any atom is 0.199 e. The molecule has 2 aromatic heterocycles. The average Bonchev–Trinajstić information content (AvgIpc) is 3.47.